The minimum absolute atomic E-state index is 0.0184. The van der Waals surface area contributed by atoms with Gasteiger partial charge in [-0.25, -0.2) is 4.98 Å². The van der Waals surface area contributed by atoms with Gasteiger partial charge >= 0.3 is 0 Å². The highest BCUT2D eigenvalue weighted by atomic mass is 16.5. The molecule has 7 nitrogen and oxygen atoms in total. The molecule has 0 aliphatic carbocycles. The molecule has 4 rings (SSSR count). The van der Waals surface area contributed by atoms with E-state index in [2.05, 4.69) is 14.9 Å². The molecular weight excluding hydrogens is 344 g/mol. The number of nitrogens with zero attached hydrogens (tertiary/aromatic N) is 3. The minimum atomic E-state index is -0.192. The van der Waals surface area contributed by atoms with Crippen LogP contribution in [0.2, 0.25) is 0 Å². The molecule has 0 amide bonds. The summed E-state index contributed by atoms with van der Waals surface area (Å²) in [5, 5.41) is 0.842. The lowest BCUT2D eigenvalue weighted by Gasteiger charge is -2.28. The summed E-state index contributed by atoms with van der Waals surface area (Å²) < 4.78 is 11.5. The first kappa shape index (κ1) is 17.5. The van der Waals surface area contributed by atoms with Crippen LogP contribution < -0.4 is 15.2 Å². The van der Waals surface area contributed by atoms with Gasteiger partial charge in [-0.1, -0.05) is 0 Å². The fourth-order valence-electron chi connectivity index (χ4n) is 3.22. The third-order valence-corrected chi connectivity index (χ3v) is 4.45. The summed E-state index contributed by atoms with van der Waals surface area (Å²) in [6.45, 7) is 6.84. The third-order valence-electron chi connectivity index (χ3n) is 4.45. The van der Waals surface area contributed by atoms with E-state index in [4.69, 9.17) is 14.5 Å². The summed E-state index contributed by atoms with van der Waals surface area (Å²) in [4.78, 5) is 26.5. The summed E-state index contributed by atoms with van der Waals surface area (Å²) in [6, 6.07) is 7.39. The second-order valence-electron chi connectivity index (χ2n) is 6.71. The Bertz CT molecular complexity index is 1010. The number of anilines is 1. The number of nitrogens with one attached hydrogen (secondary N) is 1. The van der Waals surface area contributed by atoms with E-state index in [1.54, 1.807) is 24.5 Å². The largest absolute Gasteiger partial charge is 0.490 e. The highest BCUT2D eigenvalue weighted by Crippen LogP contribution is 2.33. The normalized spacial score (nSPS) is 14.7. The molecule has 0 unspecified atom stereocenters. The lowest BCUT2D eigenvalue weighted by Crippen LogP contribution is -2.36. The van der Waals surface area contributed by atoms with Gasteiger partial charge in [0.05, 0.1) is 24.9 Å². The number of morpholine rings is 1. The van der Waals surface area contributed by atoms with Gasteiger partial charge in [-0.3, -0.25) is 9.78 Å². The highest BCUT2D eigenvalue weighted by molar-refractivity contribution is 5.96. The van der Waals surface area contributed by atoms with Crippen molar-refractivity contribution in [1.29, 1.82) is 0 Å². The molecule has 140 valence electrons. The smallest absolute Gasteiger partial charge is 0.257 e. The number of rotatable bonds is 4. The molecule has 0 aromatic carbocycles. The predicted octanol–water partition coefficient (Wildman–Crippen LogP) is 2.61. The van der Waals surface area contributed by atoms with Gasteiger partial charge in [0, 0.05) is 36.9 Å². The second kappa shape index (κ2) is 7.36. The predicted molar refractivity (Wildman–Crippen MR) is 104 cm³/mol. The molecule has 0 radical (unpaired) electrons. The lowest BCUT2D eigenvalue weighted by atomic mass is 10.1. The Labute approximate surface area is 157 Å². The molecule has 1 saturated heterocycles. The van der Waals surface area contributed by atoms with Gasteiger partial charge in [-0.05, 0) is 32.0 Å². The maximum atomic E-state index is 12.3. The van der Waals surface area contributed by atoms with Crippen molar-refractivity contribution in [2.24, 2.45) is 0 Å². The molecule has 0 bridgehead atoms. The number of hydrogen-bond acceptors (Lipinski definition) is 6. The SMILES string of the molecule is CC(C)Oc1cc(N2CCOCC2)nc2c(-c3ccc[nH]c3=O)nccc12. The summed E-state index contributed by atoms with van der Waals surface area (Å²) in [6.07, 6.45) is 3.31. The number of aromatic nitrogens is 3. The standard InChI is InChI=1S/C20H22N4O3/c1-13(2)27-16-12-17(24-8-10-26-11-9-24)23-19-14(16)5-7-21-18(19)15-4-3-6-22-20(15)25/h3-7,12-13H,8-11H2,1-2H3,(H,22,25). The first-order chi connectivity index (χ1) is 13.1. The molecule has 3 aromatic heterocycles. The zero-order chi connectivity index (χ0) is 18.8. The van der Waals surface area contributed by atoms with Crippen LogP contribution in [0.5, 0.6) is 5.75 Å². The summed E-state index contributed by atoms with van der Waals surface area (Å²) in [7, 11) is 0. The Morgan fingerprint density at radius 1 is 1.26 bits per heavy atom. The van der Waals surface area contributed by atoms with Crippen molar-refractivity contribution in [2.45, 2.75) is 20.0 Å². The quantitative estimate of drug-likeness (QED) is 0.764. The summed E-state index contributed by atoms with van der Waals surface area (Å²) in [5.41, 5.74) is 1.51. The van der Waals surface area contributed by atoms with Crippen molar-refractivity contribution < 1.29 is 9.47 Å². The van der Waals surface area contributed by atoms with Crippen LogP contribution in [0, 0.1) is 0 Å². The van der Waals surface area contributed by atoms with Crippen molar-refractivity contribution in [3.63, 3.8) is 0 Å². The topological polar surface area (TPSA) is 80.3 Å². The molecule has 3 aromatic rings. The van der Waals surface area contributed by atoms with Crippen molar-refractivity contribution in [1.82, 2.24) is 15.0 Å². The molecule has 1 N–H and O–H groups in total. The Hall–Kier alpha value is -2.93. The maximum absolute atomic E-state index is 12.3. The van der Waals surface area contributed by atoms with E-state index in [-0.39, 0.29) is 11.7 Å². The molecule has 27 heavy (non-hydrogen) atoms. The van der Waals surface area contributed by atoms with E-state index in [0.29, 0.717) is 30.0 Å². The molecular formula is C20H22N4O3. The van der Waals surface area contributed by atoms with E-state index >= 15 is 0 Å². The van der Waals surface area contributed by atoms with Crippen molar-refractivity contribution in [3.8, 4) is 17.0 Å². The first-order valence-corrected chi connectivity index (χ1v) is 9.10. The van der Waals surface area contributed by atoms with Crippen LogP contribution in [0.4, 0.5) is 5.82 Å². The van der Waals surface area contributed by atoms with Gasteiger partial charge in [0.25, 0.3) is 5.56 Å². The van der Waals surface area contributed by atoms with Gasteiger partial charge in [0.2, 0.25) is 0 Å². The summed E-state index contributed by atoms with van der Waals surface area (Å²) >= 11 is 0. The van der Waals surface area contributed by atoms with Crippen LogP contribution in [0.1, 0.15) is 13.8 Å². The van der Waals surface area contributed by atoms with Crippen molar-refractivity contribution >= 4 is 16.7 Å². The zero-order valence-corrected chi connectivity index (χ0v) is 15.4. The number of fused-ring (bicyclic) bond motifs is 1. The molecule has 4 heterocycles. The van der Waals surface area contributed by atoms with Crippen LogP contribution in [-0.2, 0) is 4.74 Å². The Balaban J connectivity index is 1.94. The number of H-pyrrole nitrogens is 1. The summed E-state index contributed by atoms with van der Waals surface area (Å²) in [5.74, 6) is 1.55. The van der Waals surface area contributed by atoms with Gasteiger partial charge in [-0.2, -0.15) is 0 Å². The average molecular weight is 366 g/mol. The molecule has 1 aliphatic heterocycles. The molecule has 1 fully saturated rings. The molecule has 7 heteroatoms. The van der Waals surface area contributed by atoms with Gasteiger partial charge in [0.1, 0.15) is 22.8 Å². The lowest BCUT2D eigenvalue weighted by molar-refractivity contribution is 0.122. The van der Waals surface area contributed by atoms with E-state index in [9.17, 15) is 4.79 Å². The Morgan fingerprint density at radius 2 is 2.07 bits per heavy atom. The third kappa shape index (κ3) is 3.50. The molecule has 0 atom stereocenters. The number of pyridine rings is 3. The Kier molecular flexibility index (Phi) is 4.77. The van der Waals surface area contributed by atoms with Crippen LogP contribution in [-0.4, -0.2) is 47.4 Å². The second-order valence-corrected chi connectivity index (χ2v) is 6.71. The van der Waals surface area contributed by atoms with Gasteiger partial charge in [-0.15, -0.1) is 0 Å². The zero-order valence-electron chi connectivity index (χ0n) is 15.4. The maximum Gasteiger partial charge on any atom is 0.257 e. The van der Waals surface area contributed by atoms with E-state index in [0.717, 1.165) is 30.0 Å². The molecule has 0 spiro atoms. The van der Waals surface area contributed by atoms with Crippen LogP contribution in [0.3, 0.4) is 0 Å². The molecule has 0 saturated carbocycles. The van der Waals surface area contributed by atoms with Crippen molar-refractivity contribution in [3.05, 3.63) is 47.0 Å². The number of hydrogen-bond donors (Lipinski definition) is 1. The fourth-order valence-corrected chi connectivity index (χ4v) is 3.22. The Morgan fingerprint density at radius 3 is 2.81 bits per heavy atom. The monoisotopic (exact) mass is 366 g/mol. The van der Waals surface area contributed by atoms with E-state index in [1.807, 2.05) is 26.0 Å². The van der Waals surface area contributed by atoms with Crippen molar-refractivity contribution in [2.75, 3.05) is 31.2 Å². The van der Waals surface area contributed by atoms with Gasteiger partial charge in [0.15, 0.2) is 0 Å². The minimum Gasteiger partial charge on any atom is -0.490 e. The number of ether oxygens (including phenoxy) is 2. The van der Waals surface area contributed by atoms with Gasteiger partial charge < -0.3 is 19.4 Å². The van der Waals surface area contributed by atoms with E-state index in [1.165, 1.54) is 0 Å². The van der Waals surface area contributed by atoms with E-state index < -0.39 is 0 Å². The van der Waals surface area contributed by atoms with Crippen LogP contribution in [0.15, 0.2) is 41.5 Å². The average Bonchev–Trinajstić information content (AvgIpc) is 2.68. The fraction of sp³-hybridized carbons (Fsp3) is 0.350. The first-order valence-electron chi connectivity index (χ1n) is 9.10. The van der Waals surface area contributed by atoms with Crippen LogP contribution in [0.25, 0.3) is 22.2 Å². The number of aromatic amines is 1. The molecule has 1 aliphatic rings. The highest BCUT2D eigenvalue weighted by Gasteiger charge is 2.19. The van der Waals surface area contributed by atoms with Crippen LogP contribution >= 0.6 is 0 Å².